The third-order valence-electron chi connectivity index (χ3n) is 7.05. The molecule has 0 amide bonds. The van der Waals surface area contributed by atoms with E-state index in [1.54, 1.807) is 4.52 Å². The Morgan fingerprint density at radius 1 is 0.757 bits per heavy atom. The third-order valence-corrected chi connectivity index (χ3v) is 8.37. The van der Waals surface area contributed by atoms with Crippen molar-refractivity contribution in [2.75, 3.05) is 26.2 Å². The first kappa shape index (κ1) is 24.1. The predicted octanol–water partition coefficient (Wildman–Crippen LogP) is 5.95. The molecule has 1 fully saturated rings. The molecule has 0 bridgehead atoms. The summed E-state index contributed by atoms with van der Waals surface area (Å²) in [7, 11) is 0. The molecule has 1 aliphatic rings. The summed E-state index contributed by atoms with van der Waals surface area (Å²) in [6.07, 6.45) is 0. The van der Waals surface area contributed by atoms with Crippen molar-refractivity contribution in [2.24, 2.45) is 0 Å². The van der Waals surface area contributed by atoms with E-state index < -0.39 is 0 Å². The smallest absolute Gasteiger partial charge is 0.230 e. The van der Waals surface area contributed by atoms with Gasteiger partial charge in [0.1, 0.15) is 5.82 Å². The number of fused-ring (bicyclic) bond motifs is 1. The van der Waals surface area contributed by atoms with Crippen LogP contribution in [0.15, 0.2) is 84.9 Å². The molecule has 6 rings (SSSR count). The molecule has 1 aliphatic heterocycles. The van der Waals surface area contributed by atoms with E-state index in [0.29, 0.717) is 15.8 Å². The molecule has 0 spiro atoms. The molecular weight excluding hydrogens is 502 g/mol. The number of thiazole rings is 1. The van der Waals surface area contributed by atoms with Crippen LogP contribution in [0.1, 0.15) is 39.5 Å². The number of aromatic nitrogens is 3. The lowest BCUT2D eigenvalue weighted by Gasteiger charge is -2.42. The Kier molecular flexibility index (Phi) is 6.69. The summed E-state index contributed by atoms with van der Waals surface area (Å²) >= 11 is 7.72. The second-order valence-corrected chi connectivity index (χ2v) is 10.8. The standard InChI is InChI=1S/C29H28ClN5OS/c1-20-31-29-35(32-20)28(36)27(37-29)26(23-12-14-24(30)15-13-23)34-18-16-33(17-19-34)25(21-8-4-2-5-9-21)22-10-6-3-7-11-22/h2-15,25-26,36H,16-19H2,1H3/t26-/m1/s1. The number of aryl methyl sites for hydroxylation is 1. The van der Waals surface area contributed by atoms with Crippen LogP contribution < -0.4 is 0 Å². The molecule has 1 N–H and O–H groups in total. The molecular formula is C29H28ClN5OS. The average Bonchev–Trinajstić information content (AvgIpc) is 3.44. The molecule has 3 heterocycles. The van der Waals surface area contributed by atoms with Gasteiger partial charge in [0.15, 0.2) is 0 Å². The van der Waals surface area contributed by atoms with Gasteiger partial charge in [-0.1, -0.05) is 95.7 Å². The first-order valence-electron chi connectivity index (χ1n) is 12.5. The molecule has 8 heteroatoms. The van der Waals surface area contributed by atoms with Crippen molar-refractivity contribution < 1.29 is 5.11 Å². The average molecular weight is 530 g/mol. The fourth-order valence-corrected chi connectivity index (χ4v) is 6.63. The molecule has 0 saturated carbocycles. The highest BCUT2D eigenvalue weighted by Crippen LogP contribution is 2.41. The van der Waals surface area contributed by atoms with Crippen LogP contribution in [0.3, 0.4) is 0 Å². The van der Waals surface area contributed by atoms with Gasteiger partial charge < -0.3 is 5.11 Å². The second kappa shape index (κ2) is 10.3. The van der Waals surface area contributed by atoms with Crippen LogP contribution in [0.4, 0.5) is 0 Å². The van der Waals surface area contributed by atoms with Gasteiger partial charge in [0.2, 0.25) is 10.8 Å². The molecule has 3 aromatic carbocycles. The van der Waals surface area contributed by atoms with Crippen LogP contribution in [-0.4, -0.2) is 55.7 Å². The Balaban J connectivity index is 1.32. The lowest BCUT2D eigenvalue weighted by Crippen LogP contribution is -2.49. The molecule has 37 heavy (non-hydrogen) atoms. The number of nitrogens with zero attached hydrogens (tertiary/aromatic N) is 5. The lowest BCUT2D eigenvalue weighted by molar-refractivity contribution is 0.0899. The Bertz CT molecular complexity index is 1440. The van der Waals surface area contributed by atoms with Crippen molar-refractivity contribution in [3.63, 3.8) is 0 Å². The molecule has 0 radical (unpaired) electrons. The molecule has 2 aromatic heterocycles. The predicted molar refractivity (Wildman–Crippen MR) is 148 cm³/mol. The topological polar surface area (TPSA) is 56.9 Å². The number of hydrogen-bond acceptors (Lipinski definition) is 6. The van der Waals surface area contributed by atoms with Gasteiger partial charge in [-0.25, -0.2) is 4.98 Å². The minimum atomic E-state index is -0.111. The van der Waals surface area contributed by atoms with Crippen molar-refractivity contribution in [1.82, 2.24) is 24.4 Å². The van der Waals surface area contributed by atoms with E-state index in [2.05, 4.69) is 92.7 Å². The lowest BCUT2D eigenvalue weighted by atomic mass is 9.96. The number of aromatic hydroxyl groups is 1. The summed E-state index contributed by atoms with van der Waals surface area (Å²) < 4.78 is 1.55. The van der Waals surface area contributed by atoms with E-state index in [1.807, 2.05) is 19.1 Å². The van der Waals surface area contributed by atoms with Gasteiger partial charge in [-0.2, -0.15) is 4.52 Å². The normalized spacial score (nSPS) is 16.0. The van der Waals surface area contributed by atoms with Gasteiger partial charge in [0.05, 0.1) is 17.0 Å². The number of halogens is 1. The van der Waals surface area contributed by atoms with Crippen LogP contribution in [0.2, 0.25) is 5.02 Å². The summed E-state index contributed by atoms with van der Waals surface area (Å²) in [5.41, 5.74) is 3.70. The maximum absolute atomic E-state index is 11.2. The van der Waals surface area contributed by atoms with E-state index in [-0.39, 0.29) is 18.0 Å². The minimum absolute atomic E-state index is 0.111. The zero-order chi connectivity index (χ0) is 25.4. The van der Waals surface area contributed by atoms with Crippen LogP contribution in [0.25, 0.3) is 4.96 Å². The Labute approximate surface area is 225 Å². The molecule has 1 saturated heterocycles. The van der Waals surface area contributed by atoms with E-state index in [1.165, 1.54) is 22.5 Å². The Hall–Kier alpha value is -3.23. The SMILES string of the molecule is Cc1nc2sc([C@@H](c3ccc(Cl)cc3)N3CCN(C(c4ccccc4)c4ccccc4)CC3)c(O)n2n1. The largest absolute Gasteiger partial charge is 0.492 e. The number of benzene rings is 3. The van der Waals surface area contributed by atoms with Gasteiger partial charge in [0, 0.05) is 31.2 Å². The molecule has 0 aliphatic carbocycles. The Morgan fingerprint density at radius 3 is 1.81 bits per heavy atom. The van der Waals surface area contributed by atoms with Gasteiger partial charge in [-0.3, -0.25) is 9.80 Å². The van der Waals surface area contributed by atoms with Gasteiger partial charge >= 0.3 is 0 Å². The summed E-state index contributed by atoms with van der Waals surface area (Å²) in [4.78, 5) is 11.1. The van der Waals surface area contributed by atoms with Gasteiger partial charge in [-0.15, -0.1) is 5.10 Å². The van der Waals surface area contributed by atoms with Crippen molar-refractivity contribution in [1.29, 1.82) is 0 Å². The van der Waals surface area contributed by atoms with E-state index in [0.717, 1.165) is 36.6 Å². The van der Waals surface area contributed by atoms with Crippen LogP contribution in [-0.2, 0) is 0 Å². The fraction of sp³-hybridized carbons (Fsp3) is 0.241. The van der Waals surface area contributed by atoms with Crippen molar-refractivity contribution >= 4 is 27.9 Å². The summed E-state index contributed by atoms with van der Waals surface area (Å²) in [6, 6.07) is 29.5. The summed E-state index contributed by atoms with van der Waals surface area (Å²) in [5, 5.41) is 16.3. The van der Waals surface area contributed by atoms with Crippen molar-refractivity contribution in [3.8, 4) is 5.88 Å². The monoisotopic (exact) mass is 529 g/mol. The first-order valence-corrected chi connectivity index (χ1v) is 13.7. The number of piperazine rings is 1. The zero-order valence-corrected chi connectivity index (χ0v) is 22.1. The Morgan fingerprint density at radius 2 is 1.27 bits per heavy atom. The molecule has 1 atom stereocenters. The van der Waals surface area contributed by atoms with E-state index in [4.69, 9.17) is 11.6 Å². The quantitative estimate of drug-likeness (QED) is 0.294. The van der Waals surface area contributed by atoms with Crippen molar-refractivity contribution in [2.45, 2.75) is 19.0 Å². The zero-order valence-electron chi connectivity index (χ0n) is 20.5. The number of rotatable bonds is 6. The number of hydrogen-bond donors (Lipinski definition) is 1. The maximum Gasteiger partial charge on any atom is 0.230 e. The van der Waals surface area contributed by atoms with Gasteiger partial charge in [-0.05, 0) is 35.7 Å². The maximum atomic E-state index is 11.2. The van der Waals surface area contributed by atoms with Crippen molar-refractivity contribution in [3.05, 3.63) is 117 Å². The molecule has 5 aromatic rings. The third kappa shape index (κ3) is 4.76. The molecule has 6 nitrogen and oxygen atoms in total. The molecule has 188 valence electrons. The highest BCUT2D eigenvalue weighted by atomic mass is 35.5. The van der Waals surface area contributed by atoms with Crippen LogP contribution in [0, 0.1) is 6.92 Å². The van der Waals surface area contributed by atoms with Crippen LogP contribution >= 0.6 is 22.9 Å². The van der Waals surface area contributed by atoms with Gasteiger partial charge in [0.25, 0.3) is 0 Å². The highest BCUT2D eigenvalue weighted by molar-refractivity contribution is 7.17. The van der Waals surface area contributed by atoms with Crippen LogP contribution in [0.5, 0.6) is 5.88 Å². The summed E-state index contributed by atoms with van der Waals surface area (Å²) in [6.45, 7) is 5.36. The van der Waals surface area contributed by atoms with E-state index >= 15 is 0 Å². The van der Waals surface area contributed by atoms with E-state index in [9.17, 15) is 5.11 Å². The summed E-state index contributed by atoms with van der Waals surface area (Å²) in [5.74, 6) is 0.812. The molecule has 0 unspecified atom stereocenters. The second-order valence-electron chi connectivity index (χ2n) is 9.39. The highest BCUT2D eigenvalue weighted by Gasteiger charge is 2.34. The fourth-order valence-electron chi connectivity index (χ4n) is 5.34. The first-order chi connectivity index (χ1) is 18.1. The minimum Gasteiger partial charge on any atom is -0.492 e.